The Kier molecular flexibility index (Phi) is 41.1. The first-order valence-corrected chi connectivity index (χ1v) is 25.4. The van der Waals surface area contributed by atoms with E-state index in [-0.39, 0.29) is 26.1 Å². The van der Waals surface area contributed by atoms with E-state index in [2.05, 4.69) is 98.9 Å². The molecule has 0 amide bonds. The average molecular weight is 886 g/mol. The number of hydrogen-bond donors (Lipinski definition) is 0. The van der Waals surface area contributed by atoms with E-state index < -0.39 is 32.5 Å². The van der Waals surface area contributed by atoms with E-state index in [0.717, 1.165) is 70.6 Å². The molecule has 10 heteroatoms. The number of hydrogen-bond acceptors (Lipinski definition) is 8. The van der Waals surface area contributed by atoms with E-state index in [0.29, 0.717) is 23.9 Å². The van der Waals surface area contributed by atoms with Crippen LogP contribution in [0.15, 0.2) is 97.2 Å². The number of esters is 2. The van der Waals surface area contributed by atoms with Gasteiger partial charge in [0.2, 0.25) is 0 Å². The zero-order chi connectivity index (χ0) is 45.7. The van der Waals surface area contributed by atoms with Crippen molar-refractivity contribution in [3.63, 3.8) is 0 Å². The third-order valence-corrected chi connectivity index (χ3v) is 10.6. The summed E-state index contributed by atoms with van der Waals surface area (Å²) in [5.74, 6) is -0.939. The Morgan fingerprint density at radius 2 is 0.903 bits per heavy atom. The van der Waals surface area contributed by atoms with Crippen LogP contribution in [0.4, 0.5) is 0 Å². The SMILES string of the molecule is CC/C=C\C/C=C\C/C=C\C/C=C\CCCCCCCCCCCCCCC(=O)OC(COC(=O)CC/C=C\C/C=C\C/C=C\C/C=C\CC)COP(=O)([O-])OCC[N+](C)(C)C. The Hall–Kier alpha value is -3.07. The number of quaternary nitrogens is 1. The summed E-state index contributed by atoms with van der Waals surface area (Å²) in [5, 5.41) is 0. The van der Waals surface area contributed by atoms with Gasteiger partial charge in [0.1, 0.15) is 19.8 Å². The smallest absolute Gasteiger partial charge is 0.306 e. The van der Waals surface area contributed by atoms with Crippen LogP contribution in [0.3, 0.4) is 0 Å². The summed E-state index contributed by atoms with van der Waals surface area (Å²) in [5.41, 5.74) is 0. The number of phosphoric ester groups is 1. The minimum absolute atomic E-state index is 0.0464. The van der Waals surface area contributed by atoms with Crippen molar-refractivity contribution in [2.24, 2.45) is 0 Å². The van der Waals surface area contributed by atoms with E-state index in [4.69, 9.17) is 18.5 Å². The molecule has 0 N–H and O–H groups in total. The maximum atomic E-state index is 12.7. The van der Waals surface area contributed by atoms with Gasteiger partial charge in [-0.3, -0.25) is 14.2 Å². The van der Waals surface area contributed by atoms with Gasteiger partial charge in [0, 0.05) is 12.8 Å². The Bertz CT molecular complexity index is 1370. The largest absolute Gasteiger partial charge is 0.756 e. The van der Waals surface area contributed by atoms with Crippen LogP contribution in [0.1, 0.15) is 168 Å². The van der Waals surface area contributed by atoms with Crippen LogP contribution in [-0.2, 0) is 32.7 Å². The molecule has 0 rings (SSSR count). The monoisotopic (exact) mass is 886 g/mol. The summed E-state index contributed by atoms with van der Waals surface area (Å²) >= 11 is 0. The Morgan fingerprint density at radius 3 is 1.35 bits per heavy atom. The van der Waals surface area contributed by atoms with Crippen LogP contribution in [0.5, 0.6) is 0 Å². The molecule has 0 aromatic rings. The van der Waals surface area contributed by atoms with E-state index in [9.17, 15) is 19.0 Å². The molecule has 9 nitrogen and oxygen atoms in total. The second-order valence-electron chi connectivity index (χ2n) is 16.7. The number of ether oxygens (including phenoxy) is 2. The number of carbonyl (C=O) groups is 2. The highest BCUT2D eigenvalue weighted by Gasteiger charge is 2.21. The molecule has 0 bridgehead atoms. The fourth-order valence-electron chi connectivity index (χ4n) is 5.95. The highest BCUT2D eigenvalue weighted by Crippen LogP contribution is 2.38. The van der Waals surface area contributed by atoms with Crippen LogP contribution in [0, 0.1) is 0 Å². The molecule has 0 aliphatic rings. The highest BCUT2D eigenvalue weighted by atomic mass is 31.2. The van der Waals surface area contributed by atoms with Gasteiger partial charge < -0.3 is 27.9 Å². The topological polar surface area (TPSA) is 111 Å². The number of phosphoric acid groups is 1. The summed E-state index contributed by atoms with van der Waals surface area (Å²) < 4.78 is 33.9. The predicted molar refractivity (Wildman–Crippen MR) is 259 cm³/mol. The first-order chi connectivity index (χ1) is 30.0. The summed E-state index contributed by atoms with van der Waals surface area (Å²) in [7, 11) is 1.11. The number of unbranched alkanes of at least 4 members (excludes halogenated alkanes) is 12. The van der Waals surface area contributed by atoms with Crippen molar-refractivity contribution in [1.82, 2.24) is 0 Å². The van der Waals surface area contributed by atoms with Crippen molar-refractivity contribution in [2.45, 2.75) is 174 Å². The van der Waals surface area contributed by atoms with E-state index in [1.807, 2.05) is 33.3 Å². The van der Waals surface area contributed by atoms with Gasteiger partial charge in [0.05, 0.1) is 27.7 Å². The van der Waals surface area contributed by atoms with E-state index in [1.54, 1.807) is 0 Å². The van der Waals surface area contributed by atoms with Gasteiger partial charge in [-0.05, 0) is 77.0 Å². The molecule has 62 heavy (non-hydrogen) atoms. The number of allylic oxidation sites excluding steroid dienone is 16. The van der Waals surface area contributed by atoms with Crippen LogP contribution in [0.2, 0.25) is 0 Å². The van der Waals surface area contributed by atoms with Gasteiger partial charge in [-0.25, -0.2) is 0 Å². The van der Waals surface area contributed by atoms with Gasteiger partial charge >= 0.3 is 11.9 Å². The lowest BCUT2D eigenvalue weighted by molar-refractivity contribution is -0.870. The third kappa shape index (κ3) is 46.4. The lowest BCUT2D eigenvalue weighted by Crippen LogP contribution is -2.37. The van der Waals surface area contributed by atoms with Crippen molar-refractivity contribution in [3.8, 4) is 0 Å². The number of likely N-dealkylation sites (N-methyl/N-ethyl adjacent to an activating group) is 1. The predicted octanol–water partition coefficient (Wildman–Crippen LogP) is 13.5. The molecule has 0 aliphatic carbocycles. The zero-order valence-electron chi connectivity index (χ0n) is 39.8. The molecule has 0 saturated heterocycles. The first kappa shape index (κ1) is 58.9. The fourth-order valence-corrected chi connectivity index (χ4v) is 6.68. The number of carbonyl (C=O) groups excluding carboxylic acids is 2. The zero-order valence-corrected chi connectivity index (χ0v) is 40.7. The molecule has 0 aliphatic heterocycles. The minimum Gasteiger partial charge on any atom is -0.756 e. The summed E-state index contributed by atoms with van der Waals surface area (Å²) in [6.07, 6.45) is 57.5. The number of nitrogens with zero attached hydrogens (tertiary/aromatic N) is 1. The molecule has 0 radical (unpaired) electrons. The Labute approximate surface area is 379 Å². The summed E-state index contributed by atoms with van der Waals surface area (Å²) in [6, 6.07) is 0. The summed E-state index contributed by atoms with van der Waals surface area (Å²) in [6.45, 7) is 3.90. The second kappa shape index (κ2) is 43.2. The van der Waals surface area contributed by atoms with Crippen LogP contribution in [-0.4, -0.2) is 70.0 Å². The van der Waals surface area contributed by atoms with Crippen molar-refractivity contribution >= 4 is 19.8 Å². The van der Waals surface area contributed by atoms with Crippen LogP contribution in [0.25, 0.3) is 0 Å². The molecule has 0 aromatic heterocycles. The van der Waals surface area contributed by atoms with E-state index >= 15 is 0 Å². The van der Waals surface area contributed by atoms with Crippen molar-refractivity contribution in [3.05, 3.63) is 97.2 Å². The second-order valence-corrected chi connectivity index (χ2v) is 18.1. The van der Waals surface area contributed by atoms with Gasteiger partial charge in [0.25, 0.3) is 7.82 Å². The van der Waals surface area contributed by atoms with E-state index in [1.165, 1.54) is 57.8 Å². The van der Waals surface area contributed by atoms with Crippen molar-refractivity contribution in [2.75, 3.05) is 47.5 Å². The average Bonchev–Trinajstić information content (AvgIpc) is 3.23. The fraction of sp³-hybridized carbons (Fsp3) is 0.654. The molecule has 0 heterocycles. The first-order valence-electron chi connectivity index (χ1n) is 23.9. The van der Waals surface area contributed by atoms with Gasteiger partial charge in [-0.15, -0.1) is 0 Å². The van der Waals surface area contributed by atoms with Crippen LogP contribution >= 0.6 is 7.82 Å². The maximum absolute atomic E-state index is 12.7. The third-order valence-electron chi connectivity index (χ3n) is 9.61. The molecule has 0 aromatic carbocycles. The van der Waals surface area contributed by atoms with Crippen molar-refractivity contribution in [1.29, 1.82) is 0 Å². The lowest BCUT2D eigenvalue weighted by atomic mass is 10.0. The van der Waals surface area contributed by atoms with Gasteiger partial charge in [-0.1, -0.05) is 175 Å². The standard InChI is InChI=1S/C52H88NO8P/c1-6-8-10-12-14-16-18-20-21-22-23-24-25-26-27-28-29-30-31-33-35-37-39-41-43-45-52(55)61-50(49-60-62(56,57)59-47-46-53(3,4)5)48-58-51(54)44-42-40-38-36-34-32-19-17-15-13-11-9-7-2/h8-11,14-17,20-21,23-24,32,34,38,40,50H,6-7,12-13,18-19,22,25-31,33,35-37,39,41-49H2,1-5H3/b10-8-,11-9-,16-14-,17-15-,21-20-,24-23-,34-32-,40-38-. The van der Waals surface area contributed by atoms with Crippen LogP contribution < -0.4 is 4.89 Å². The maximum Gasteiger partial charge on any atom is 0.306 e. The molecular formula is C52H88NO8P. The Balaban J connectivity index is 4.29. The normalized spacial score (nSPS) is 14.4. The molecule has 354 valence electrons. The highest BCUT2D eigenvalue weighted by molar-refractivity contribution is 7.45. The molecular weight excluding hydrogens is 798 g/mol. The van der Waals surface area contributed by atoms with Gasteiger partial charge in [0.15, 0.2) is 6.10 Å². The quantitative estimate of drug-likeness (QED) is 0.0196. The molecule has 2 unspecified atom stereocenters. The Morgan fingerprint density at radius 1 is 0.500 bits per heavy atom. The van der Waals surface area contributed by atoms with Crippen molar-refractivity contribution < 1.29 is 42.1 Å². The molecule has 0 saturated carbocycles. The minimum atomic E-state index is -4.65. The molecule has 0 fully saturated rings. The molecule has 2 atom stereocenters. The van der Waals surface area contributed by atoms with Gasteiger partial charge in [-0.2, -0.15) is 0 Å². The number of rotatable bonds is 42. The summed E-state index contributed by atoms with van der Waals surface area (Å²) in [4.78, 5) is 37.6. The lowest BCUT2D eigenvalue weighted by Gasteiger charge is -2.28. The molecule has 0 spiro atoms.